The van der Waals surface area contributed by atoms with Gasteiger partial charge in [0.1, 0.15) is 0 Å². The van der Waals surface area contributed by atoms with E-state index in [-0.39, 0.29) is 0 Å². The molecule has 0 spiro atoms. The van der Waals surface area contributed by atoms with Crippen molar-refractivity contribution in [1.29, 1.82) is 0 Å². The van der Waals surface area contributed by atoms with Gasteiger partial charge in [-0.2, -0.15) is 0 Å². The first-order valence-electron chi connectivity index (χ1n) is 5.14. The molecule has 0 aliphatic heterocycles. The Morgan fingerprint density at radius 2 is 2.07 bits per heavy atom. The molecule has 0 saturated heterocycles. The summed E-state index contributed by atoms with van der Waals surface area (Å²) in [5, 5.41) is 1.28. The van der Waals surface area contributed by atoms with Crippen LogP contribution in [0.2, 0.25) is 0 Å². The van der Waals surface area contributed by atoms with E-state index in [4.69, 9.17) is 0 Å². The van der Waals surface area contributed by atoms with Crippen LogP contribution in [-0.4, -0.2) is 10.7 Å². The lowest BCUT2D eigenvalue weighted by molar-refractivity contribution is 0.676. The molecular weight excluding hydrogens is 172 g/mol. The average molecular weight is 188 g/mol. The van der Waals surface area contributed by atoms with Crippen LogP contribution >= 0.6 is 0 Å². The van der Waals surface area contributed by atoms with Gasteiger partial charge in [-0.25, -0.2) is 0 Å². The lowest BCUT2D eigenvalue weighted by Crippen LogP contribution is -2.23. The first kappa shape index (κ1) is 9.13. The van der Waals surface area contributed by atoms with Crippen molar-refractivity contribution in [3.8, 4) is 0 Å². The molecule has 1 aromatic heterocycles. The fraction of sp³-hybridized carbons (Fsp3) is 0.333. The number of para-hydroxylation sites is 1. The van der Waals surface area contributed by atoms with Crippen LogP contribution in [-0.2, 0) is 0 Å². The Labute approximate surface area is 84.5 Å². The summed E-state index contributed by atoms with van der Waals surface area (Å²) in [7, 11) is 0. The van der Waals surface area contributed by atoms with Crippen LogP contribution in [0.25, 0.3) is 10.9 Å². The largest absolute Gasteiger partial charge is 0.323 e. The number of hydrogen-bond acceptors (Lipinski definition) is 1. The normalized spacial score (nSPS) is 13.0. The molecule has 1 unspecified atom stereocenters. The van der Waals surface area contributed by atoms with Gasteiger partial charge in [0.2, 0.25) is 0 Å². The highest BCUT2D eigenvalue weighted by molar-refractivity contribution is 5.80. The number of benzene rings is 1. The predicted molar refractivity (Wildman–Crippen MR) is 61.1 cm³/mol. The van der Waals surface area contributed by atoms with Crippen molar-refractivity contribution in [2.45, 2.75) is 26.3 Å². The van der Waals surface area contributed by atoms with Crippen LogP contribution in [0.4, 0.5) is 0 Å². The Kier molecular flexibility index (Phi) is 2.44. The fourth-order valence-electron chi connectivity index (χ4n) is 1.52. The molecule has 2 rings (SSSR count). The maximum Gasteiger partial charge on any atom is 0.0692 e. The van der Waals surface area contributed by atoms with Crippen LogP contribution < -0.4 is 5.43 Å². The quantitative estimate of drug-likeness (QED) is 0.783. The van der Waals surface area contributed by atoms with Crippen LogP contribution in [0.1, 0.15) is 20.3 Å². The van der Waals surface area contributed by atoms with Gasteiger partial charge in [-0.3, -0.25) is 4.68 Å². The lowest BCUT2D eigenvalue weighted by atomic mass is 10.2. The molecular formula is C12H16N2. The Balaban J connectivity index is 2.33. The zero-order valence-corrected chi connectivity index (χ0v) is 8.70. The summed E-state index contributed by atoms with van der Waals surface area (Å²) in [6.07, 6.45) is 3.21. The monoisotopic (exact) mass is 188 g/mol. The molecule has 1 atom stereocenters. The molecule has 1 N–H and O–H groups in total. The highest BCUT2D eigenvalue weighted by Crippen LogP contribution is 2.13. The standard InChI is InChI=1S/C12H16N2/c1-3-10(2)13-14-9-8-11-6-4-5-7-12(11)14/h4-10,13H,3H2,1-2H3. The number of fused-ring (bicyclic) bond motifs is 1. The molecule has 0 aliphatic carbocycles. The summed E-state index contributed by atoms with van der Waals surface area (Å²) in [5.74, 6) is 0. The molecule has 0 amide bonds. The predicted octanol–water partition coefficient (Wildman–Crippen LogP) is 2.98. The van der Waals surface area contributed by atoms with Crippen molar-refractivity contribution in [2.75, 3.05) is 5.43 Å². The van der Waals surface area contributed by atoms with E-state index in [0.717, 1.165) is 6.42 Å². The molecule has 1 heterocycles. The van der Waals surface area contributed by atoms with Crippen molar-refractivity contribution >= 4 is 10.9 Å². The summed E-state index contributed by atoms with van der Waals surface area (Å²) in [5.41, 5.74) is 4.67. The molecule has 0 bridgehead atoms. The Hall–Kier alpha value is -1.44. The van der Waals surface area contributed by atoms with E-state index in [1.165, 1.54) is 10.9 Å². The van der Waals surface area contributed by atoms with Crippen molar-refractivity contribution < 1.29 is 0 Å². The molecule has 2 nitrogen and oxygen atoms in total. The molecule has 0 fully saturated rings. The summed E-state index contributed by atoms with van der Waals surface area (Å²) >= 11 is 0. The highest BCUT2D eigenvalue weighted by atomic mass is 15.4. The number of hydrogen-bond donors (Lipinski definition) is 1. The Morgan fingerprint density at radius 3 is 2.86 bits per heavy atom. The molecule has 0 saturated carbocycles. The number of aromatic nitrogens is 1. The van der Waals surface area contributed by atoms with Gasteiger partial charge in [0.05, 0.1) is 5.52 Å². The fourth-order valence-corrected chi connectivity index (χ4v) is 1.52. The van der Waals surface area contributed by atoms with Gasteiger partial charge in [-0.15, -0.1) is 0 Å². The Bertz CT molecular complexity index is 417. The minimum absolute atomic E-state index is 0.505. The average Bonchev–Trinajstić information content (AvgIpc) is 2.62. The van der Waals surface area contributed by atoms with Crippen molar-refractivity contribution in [3.63, 3.8) is 0 Å². The molecule has 14 heavy (non-hydrogen) atoms. The second kappa shape index (κ2) is 3.74. The zero-order valence-electron chi connectivity index (χ0n) is 8.70. The topological polar surface area (TPSA) is 17.0 Å². The smallest absolute Gasteiger partial charge is 0.0692 e. The van der Waals surface area contributed by atoms with Crippen molar-refractivity contribution in [1.82, 2.24) is 4.68 Å². The van der Waals surface area contributed by atoms with Crippen molar-refractivity contribution in [2.24, 2.45) is 0 Å². The summed E-state index contributed by atoms with van der Waals surface area (Å²) in [6.45, 7) is 4.37. The molecule has 0 radical (unpaired) electrons. The van der Waals surface area contributed by atoms with Crippen molar-refractivity contribution in [3.05, 3.63) is 36.5 Å². The van der Waals surface area contributed by atoms with E-state index >= 15 is 0 Å². The third-order valence-corrected chi connectivity index (χ3v) is 2.57. The summed E-state index contributed by atoms with van der Waals surface area (Å²) < 4.78 is 2.10. The van der Waals surface area contributed by atoms with Gasteiger partial charge in [0, 0.05) is 17.6 Å². The summed E-state index contributed by atoms with van der Waals surface area (Å²) in [6, 6.07) is 11.0. The second-order valence-corrected chi connectivity index (χ2v) is 3.68. The zero-order chi connectivity index (χ0) is 9.97. The Morgan fingerprint density at radius 1 is 1.29 bits per heavy atom. The SMILES string of the molecule is CCC(C)Nn1ccc2ccccc21. The van der Waals surface area contributed by atoms with E-state index in [1.54, 1.807) is 0 Å². The molecule has 74 valence electrons. The van der Waals surface area contributed by atoms with Gasteiger partial charge in [-0.05, 0) is 25.5 Å². The van der Waals surface area contributed by atoms with Gasteiger partial charge in [-0.1, -0.05) is 25.1 Å². The van der Waals surface area contributed by atoms with E-state index < -0.39 is 0 Å². The highest BCUT2D eigenvalue weighted by Gasteiger charge is 2.01. The molecule has 1 aromatic carbocycles. The molecule has 2 heteroatoms. The maximum atomic E-state index is 3.43. The minimum Gasteiger partial charge on any atom is -0.323 e. The van der Waals surface area contributed by atoms with E-state index in [1.807, 2.05) is 0 Å². The third-order valence-electron chi connectivity index (χ3n) is 2.57. The minimum atomic E-state index is 0.505. The molecule has 2 aromatic rings. The van der Waals surface area contributed by atoms with Gasteiger partial charge < -0.3 is 5.43 Å². The lowest BCUT2D eigenvalue weighted by Gasteiger charge is -2.15. The van der Waals surface area contributed by atoms with Crippen LogP contribution in [0.15, 0.2) is 36.5 Å². The van der Waals surface area contributed by atoms with Gasteiger partial charge >= 0.3 is 0 Å². The van der Waals surface area contributed by atoms with Gasteiger partial charge in [0.25, 0.3) is 0 Å². The van der Waals surface area contributed by atoms with E-state index in [2.05, 4.69) is 60.5 Å². The second-order valence-electron chi connectivity index (χ2n) is 3.68. The first-order valence-corrected chi connectivity index (χ1v) is 5.14. The van der Waals surface area contributed by atoms with Crippen LogP contribution in [0, 0.1) is 0 Å². The van der Waals surface area contributed by atoms with E-state index in [0.29, 0.717) is 6.04 Å². The number of nitrogens with one attached hydrogen (secondary N) is 1. The summed E-state index contributed by atoms with van der Waals surface area (Å²) in [4.78, 5) is 0. The maximum absolute atomic E-state index is 3.43. The van der Waals surface area contributed by atoms with Gasteiger partial charge in [0.15, 0.2) is 0 Å². The van der Waals surface area contributed by atoms with Crippen LogP contribution in [0.5, 0.6) is 0 Å². The van der Waals surface area contributed by atoms with E-state index in [9.17, 15) is 0 Å². The van der Waals surface area contributed by atoms with Crippen LogP contribution in [0.3, 0.4) is 0 Å². The number of nitrogens with zero attached hydrogens (tertiary/aromatic N) is 1. The first-order chi connectivity index (χ1) is 6.81. The molecule has 0 aliphatic rings. The number of rotatable bonds is 3. The third kappa shape index (κ3) is 1.60.